The van der Waals surface area contributed by atoms with E-state index in [9.17, 15) is 9.90 Å². The number of nitrogens with one attached hydrogen (secondary N) is 1. The van der Waals surface area contributed by atoms with Crippen molar-refractivity contribution in [3.63, 3.8) is 0 Å². The van der Waals surface area contributed by atoms with Gasteiger partial charge in [-0.15, -0.1) is 0 Å². The molecule has 0 heterocycles. The lowest BCUT2D eigenvalue weighted by atomic mass is 9.77. The Balaban J connectivity index is 2.11. The summed E-state index contributed by atoms with van der Waals surface area (Å²) in [6.07, 6.45) is 3.64. The van der Waals surface area contributed by atoms with Crippen molar-refractivity contribution >= 4 is 23.2 Å². The molecule has 1 amide bonds. The number of nitrogen functional groups attached to an aromatic ring is 1. The van der Waals surface area contributed by atoms with E-state index in [-0.39, 0.29) is 12.5 Å². The van der Waals surface area contributed by atoms with E-state index in [2.05, 4.69) is 12.2 Å². The van der Waals surface area contributed by atoms with Crippen LogP contribution in [0.1, 0.15) is 43.0 Å². The molecule has 110 valence electrons. The van der Waals surface area contributed by atoms with E-state index in [0.717, 1.165) is 25.7 Å². The Hall–Kier alpha value is -1.26. The highest BCUT2D eigenvalue weighted by Crippen LogP contribution is 2.32. The molecule has 5 heteroatoms. The number of anilines is 1. The number of carbonyl (C=O) groups is 1. The maximum atomic E-state index is 12.3. The number of carbonyl (C=O) groups excluding carboxylic acids is 1. The number of hydrogen-bond acceptors (Lipinski definition) is 3. The highest BCUT2D eigenvalue weighted by Gasteiger charge is 2.35. The number of aliphatic hydroxyl groups excluding tert-OH is 1. The van der Waals surface area contributed by atoms with Crippen LogP contribution in [0.5, 0.6) is 0 Å². The van der Waals surface area contributed by atoms with E-state index in [1.54, 1.807) is 18.2 Å². The van der Waals surface area contributed by atoms with E-state index in [1.165, 1.54) is 0 Å². The molecule has 20 heavy (non-hydrogen) atoms. The number of halogens is 1. The first kappa shape index (κ1) is 15.1. The Bertz CT molecular complexity index is 497. The topological polar surface area (TPSA) is 75.3 Å². The second-order valence-electron chi connectivity index (χ2n) is 5.81. The predicted octanol–water partition coefficient (Wildman–Crippen LogP) is 2.59. The largest absolute Gasteiger partial charge is 0.398 e. The number of rotatable bonds is 3. The van der Waals surface area contributed by atoms with Crippen molar-refractivity contribution in [3.8, 4) is 0 Å². The van der Waals surface area contributed by atoms with Crippen LogP contribution in [0.2, 0.25) is 5.02 Å². The average molecular weight is 297 g/mol. The summed E-state index contributed by atoms with van der Waals surface area (Å²) < 4.78 is 0. The van der Waals surface area contributed by atoms with Gasteiger partial charge in [-0.05, 0) is 49.8 Å². The van der Waals surface area contributed by atoms with Crippen LogP contribution in [0.4, 0.5) is 5.69 Å². The van der Waals surface area contributed by atoms with Crippen LogP contribution in [0, 0.1) is 5.92 Å². The molecule has 0 bridgehead atoms. The van der Waals surface area contributed by atoms with E-state index in [1.807, 2.05) is 0 Å². The van der Waals surface area contributed by atoms with E-state index >= 15 is 0 Å². The van der Waals surface area contributed by atoms with Gasteiger partial charge in [-0.25, -0.2) is 0 Å². The normalized spacial score (nSPS) is 26.2. The zero-order chi connectivity index (χ0) is 14.8. The third-order valence-electron chi connectivity index (χ3n) is 4.18. The van der Waals surface area contributed by atoms with Crippen molar-refractivity contribution in [2.24, 2.45) is 5.92 Å². The highest BCUT2D eigenvalue weighted by molar-refractivity contribution is 6.33. The summed E-state index contributed by atoms with van der Waals surface area (Å²) in [4.78, 5) is 12.3. The maximum absolute atomic E-state index is 12.3. The Kier molecular flexibility index (Phi) is 4.55. The summed E-state index contributed by atoms with van der Waals surface area (Å²) in [6.45, 7) is 2.16. The quantitative estimate of drug-likeness (QED) is 0.751. The standard InChI is InChI=1S/C15H21ClN2O2/c1-10-4-6-15(9-19,7-5-10)18-14(20)11-2-3-13(17)12(16)8-11/h2-3,8,10,19H,4-7,9,17H2,1H3,(H,18,20). The molecule has 1 aromatic carbocycles. The van der Waals surface area contributed by atoms with Gasteiger partial charge in [0.05, 0.1) is 22.9 Å². The summed E-state index contributed by atoms with van der Waals surface area (Å²) in [5, 5.41) is 13.0. The number of benzene rings is 1. The van der Waals surface area contributed by atoms with Crippen LogP contribution in [0.3, 0.4) is 0 Å². The Morgan fingerprint density at radius 2 is 2.15 bits per heavy atom. The Labute approximate surface area is 124 Å². The zero-order valence-corrected chi connectivity index (χ0v) is 12.4. The number of aliphatic hydroxyl groups is 1. The first-order chi connectivity index (χ1) is 9.46. The van der Waals surface area contributed by atoms with Crippen molar-refractivity contribution in [1.29, 1.82) is 0 Å². The van der Waals surface area contributed by atoms with E-state index in [0.29, 0.717) is 22.2 Å². The van der Waals surface area contributed by atoms with Crippen molar-refractivity contribution in [1.82, 2.24) is 5.32 Å². The predicted molar refractivity (Wildman–Crippen MR) is 80.8 cm³/mol. The minimum atomic E-state index is -0.503. The van der Waals surface area contributed by atoms with Crippen molar-refractivity contribution in [2.45, 2.75) is 38.1 Å². The smallest absolute Gasteiger partial charge is 0.251 e. The van der Waals surface area contributed by atoms with Gasteiger partial charge in [-0.3, -0.25) is 4.79 Å². The minimum absolute atomic E-state index is 0.0336. The van der Waals surface area contributed by atoms with Crippen LogP contribution in [-0.4, -0.2) is 23.2 Å². The fraction of sp³-hybridized carbons (Fsp3) is 0.533. The van der Waals surface area contributed by atoms with Crippen molar-refractivity contribution < 1.29 is 9.90 Å². The molecule has 0 aliphatic heterocycles. The summed E-state index contributed by atoms with van der Waals surface area (Å²) in [7, 11) is 0. The van der Waals surface area contributed by atoms with Crippen LogP contribution in [-0.2, 0) is 0 Å². The zero-order valence-electron chi connectivity index (χ0n) is 11.7. The molecule has 1 aliphatic rings. The minimum Gasteiger partial charge on any atom is -0.398 e. The van der Waals surface area contributed by atoms with Gasteiger partial charge in [0.15, 0.2) is 0 Å². The molecule has 0 unspecified atom stereocenters. The molecule has 4 N–H and O–H groups in total. The Morgan fingerprint density at radius 3 is 2.70 bits per heavy atom. The lowest BCUT2D eigenvalue weighted by molar-refractivity contribution is 0.0717. The van der Waals surface area contributed by atoms with Gasteiger partial charge in [-0.2, -0.15) is 0 Å². The molecule has 2 rings (SSSR count). The summed E-state index contributed by atoms with van der Waals surface area (Å²) in [5.74, 6) is 0.438. The monoisotopic (exact) mass is 296 g/mol. The highest BCUT2D eigenvalue weighted by atomic mass is 35.5. The number of nitrogens with two attached hydrogens (primary N) is 1. The van der Waals surface area contributed by atoms with E-state index < -0.39 is 5.54 Å². The molecule has 1 aromatic rings. The molecular weight excluding hydrogens is 276 g/mol. The first-order valence-corrected chi connectivity index (χ1v) is 7.32. The third kappa shape index (κ3) is 3.25. The number of hydrogen-bond donors (Lipinski definition) is 3. The molecule has 0 saturated heterocycles. The Morgan fingerprint density at radius 1 is 1.50 bits per heavy atom. The van der Waals surface area contributed by atoms with Gasteiger partial charge >= 0.3 is 0 Å². The summed E-state index contributed by atoms with van der Waals surface area (Å²) in [6, 6.07) is 4.82. The molecule has 0 spiro atoms. The maximum Gasteiger partial charge on any atom is 0.251 e. The molecule has 1 fully saturated rings. The second kappa shape index (κ2) is 6.02. The molecule has 4 nitrogen and oxygen atoms in total. The number of amides is 1. The molecular formula is C15H21ClN2O2. The van der Waals surface area contributed by atoms with Crippen LogP contribution < -0.4 is 11.1 Å². The molecule has 1 saturated carbocycles. The molecule has 0 atom stereocenters. The lowest BCUT2D eigenvalue weighted by Crippen LogP contribution is -2.53. The van der Waals surface area contributed by atoms with Gasteiger partial charge in [0, 0.05) is 5.56 Å². The van der Waals surface area contributed by atoms with Crippen molar-refractivity contribution in [3.05, 3.63) is 28.8 Å². The second-order valence-corrected chi connectivity index (χ2v) is 6.22. The molecule has 0 radical (unpaired) electrons. The van der Waals surface area contributed by atoms with Crippen molar-refractivity contribution in [2.75, 3.05) is 12.3 Å². The first-order valence-electron chi connectivity index (χ1n) is 6.94. The fourth-order valence-electron chi connectivity index (χ4n) is 2.62. The summed E-state index contributed by atoms with van der Waals surface area (Å²) in [5.41, 5.74) is 6.05. The van der Waals surface area contributed by atoms with Crippen LogP contribution in [0.15, 0.2) is 18.2 Å². The SMILES string of the molecule is CC1CCC(CO)(NC(=O)c2ccc(N)c(Cl)c2)CC1. The fourth-order valence-corrected chi connectivity index (χ4v) is 2.80. The molecule has 1 aliphatic carbocycles. The van der Waals surface area contributed by atoms with Gasteiger partial charge < -0.3 is 16.2 Å². The van der Waals surface area contributed by atoms with Gasteiger partial charge in [-0.1, -0.05) is 18.5 Å². The van der Waals surface area contributed by atoms with Gasteiger partial charge in [0.25, 0.3) is 5.91 Å². The average Bonchev–Trinajstić information content (AvgIpc) is 2.44. The summed E-state index contributed by atoms with van der Waals surface area (Å²) >= 11 is 5.93. The van der Waals surface area contributed by atoms with Gasteiger partial charge in [0.1, 0.15) is 0 Å². The van der Waals surface area contributed by atoms with Gasteiger partial charge in [0.2, 0.25) is 0 Å². The molecule has 0 aromatic heterocycles. The van der Waals surface area contributed by atoms with Crippen LogP contribution in [0.25, 0.3) is 0 Å². The lowest BCUT2D eigenvalue weighted by Gasteiger charge is -2.38. The van der Waals surface area contributed by atoms with E-state index in [4.69, 9.17) is 17.3 Å². The third-order valence-corrected chi connectivity index (χ3v) is 4.50. The van der Waals surface area contributed by atoms with Crippen LogP contribution >= 0.6 is 11.6 Å².